The van der Waals surface area contributed by atoms with E-state index < -0.39 is 24.3 Å². The second-order valence-electron chi connectivity index (χ2n) is 18.4. The molecule has 384 valence electrons. The van der Waals surface area contributed by atoms with Crippen LogP contribution >= 0.6 is 77.2 Å². The van der Waals surface area contributed by atoms with Crippen molar-refractivity contribution in [1.82, 2.24) is 40.4 Å². The van der Waals surface area contributed by atoms with Crippen LogP contribution in [0.2, 0.25) is 0 Å². The highest BCUT2D eigenvalue weighted by atomic mass is 79.9. The first-order valence-electron chi connectivity index (χ1n) is 23.6. The van der Waals surface area contributed by atoms with Crippen molar-refractivity contribution in [3.05, 3.63) is 103 Å². The van der Waals surface area contributed by atoms with Crippen LogP contribution in [0.5, 0.6) is 0 Å². The Bertz CT molecular complexity index is 3000. The molecule has 0 aliphatic carbocycles. The summed E-state index contributed by atoms with van der Waals surface area (Å²) in [5.41, 5.74) is 8.41. The van der Waals surface area contributed by atoms with Crippen LogP contribution < -0.4 is 10.6 Å². The number of alkyl carbamates (subject to hydrolysis) is 2. The highest BCUT2D eigenvalue weighted by Crippen LogP contribution is 2.45. The number of nitrogens with zero attached hydrogens (tertiary/aromatic N) is 4. The van der Waals surface area contributed by atoms with Gasteiger partial charge in [0.05, 0.1) is 68.9 Å². The van der Waals surface area contributed by atoms with Gasteiger partial charge in [-0.15, -0.1) is 45.3 Å². The molecule has 2 aliphatic rings. The van der Waals surface area contributed by atoms with Crippen LogP contribution in [0, 0.1) is 11.8 Å². The standard InChI is InChI=1S/C46H52N8O6S2.C6H2Br2S2.CH4/c1-25(2)37(51-45(57)59-5)43(55)53-19-7-9-35(53)41-47-21-33(49-41)29-15-11-27(12-16-29)31-23-61-40-32(24-62-39(31)40)28-13-17-30(18-14-28)34-22-48-42(50-34)36-10-8-20-54(36)44(56)38(26(3)4)52-46(58)60-6;7-3-1-9-6-4(8)2-10-5(3)6;/h11-18,21-26,35-38H,7-10,19-20H2,1-6H3,(H,47,49)(H,48,50)(H,51,57)(H,52,58);1-2H;1H4/t35-,36-,37-,38-;;/m0../s1. The predicted molar refractivity (Wildman–Crippen MR) is 303 cm³/mol. The van der Waals surface area contributed by atoms with Gasteiger partial charge in [-0.3, -0.25) is 9.59 Å². The number of amides is 4. The largest absolute Gasteiger partial charge is 0.453 e. The number of carbonyl (C=O) groups is 4. The number of halogens is 2. The van der Waals surface area contributed by atoms with Gasteiger partial charge in [-0.2, -0.15) is 0 Å². The molecule has 0 spiro atoms. The summed E-state index contributed by atoms with van der Waals surface area (Å²) in [6.07, 6.45) is 5.69. The second-order valence-corrected chi connectivity index (χ2v) is 23.6. The van der Waals surface area contributed by atoms with Crippen molar-refractivity contribution >= 4 is 120 Å². The number of hydrogen-bond donors (Lipinski definition) is 4. The van der Waals surface area contributed by atoms with Crippen LogP contribution in [-0.4, -0.2) is 93.1 Å². The fraction of sp³-hybridized carbons (Fsp3) is 0.358. The van der Waals surface area contributed by atoms with Crippen LogP contribution in [-0.2, 0) is 19.1 Å². The molecule has 8 aromatic rings. The van der Waals surface area contributed by atoms with Crippen molar-refractivity contribution in [3.8, 4) is 44.8 Å². The van der Waals surface area contributed by atoms with E-state index in [-0.39, 0.29) is 43.2 Å². The first kappa shape index (κ1) is 53.9. The molecule has 14 nitrogen and oxygen atoms in total. The Morgan fingerprint density at radius 1 is 0.589 bits per heavy atom. The number of carbonyl (C=O) groups excluding carboxylic acids is 4. The maximum atomic E-state index is 13.6. The van der Waals surface area contributed by atoms with Gasteiger partial charge in [-0.1, -0.05) is 83.7 Å². The maximum absolute atomic E-state index is 13.6. The zero-order chi connectivity index (χ0) is 50.8. The Hall–Kier alpha value is -5.38. The Morgan fingerprint density at radius 2 is 0.945 bits per heavy atom. The van der Waals surface area contributed by atoms with E-state index in [0.29, 0.717) is 13.1 Å². The van der Waals surface area contributed by atoms with E-state index in [1.807, 2.05) is 49.9 Å². The van der Waals surface area contributed by atoms with E-state index in [0.717, 1.165) is 71.0 Å². The number of ether oxygens (including phenoxy) is 2. The molecule has 0 unspecified atom stereocenters. The topological polar surface area (TPSA) is 175 Å². The van der Waals surface area contributed by atoms with Crippen molar-refractivity contribution in [2.24, 2.45) is 11.8 Å². The lowest BCUT2D eigenvalue weighted by Crippen LogP contribution is -2.51. The number of rotatable bonds is 12. The fourth-order valence-corrected chi connectivity index (χ4v) is 15.5. The molecular formula is C53H58Br2N8O6S4. The van der Waals surface area contributed by atoms with Gasteiger partial charge in [-0.25, -0.2) is 19.6 Å². The van der Waals surface area contributed by atoms with E-state index in [2.05, 4.69) is 123 Å². The number of likely N-dealkylation sites (tertiary alicyclic amines) is 2. The smallest absolute Gasteiger partial charge is 0.407 e. The van der Waals surface area contributed by atoms with Crippen molar-refractivity contribution in [2.45, 2.75) is 85.0 Å². The van der Waals surface area contributed by atoms with Crippen molar-refractivity contribution in [2.75, 3.05) is 27.3 Å². The van der Waals surface area contributed by atoms with E-state index in [9.17, 15) is 19.2 Å². The molecule has 2 aliphatic heterocycles. The summed E-state index contributed by atoms with van der Waals surface area (Å²) < 4.78 is 17.1. The molecule has 2 saturated heterocycles. The van der Waals surface area contributed by atoms with E-state index >= 15 is 0 Å². The number of imidazole rings is 2. The average molecular weight is 1190 g/mol. The second kappa shape index (κ2) is 23.4. The number of aromatic amines is 2. The molecule has 2 fully saturated rings. The number of thiophene rings is 4. The highest BCUT2D eigenvalue weighted by Gasteiger charge is 2.39. The summed E-state index contributed by atoms with van der Waals surface area (Å²) in [7, 11) is 2.59. The molecule has 2 aromatic carbocycles. The Balaban J connectivity index is 0.000000573. The van der Waals surface area contributed by atoms with Crippen molar-refractivity contribution in [3.63, 3.8) is 0 Å². The van der Waals surface area contributed by atoms with Gasteiger partial charge in [0.25, 0.3) is 0 Å². The summed E-state index contributed by atoms with van der Waals surface area (Å²) in [5, 5.41) is 14.1. The van der Waals surface area contributed by atoms with Gasteiger partial charge in [0, 0.05) is 54.7 Å². The number of methoxy groups -OCH3 is 2. The van der Waals surface area contributed by atoms with Crippen molar-refractivity contribution in [1.29, 1.82) is 0 Å². The summed E-state index contributed by atoms with van der Waals surface area (Å²) in [5.74, 6) is 1.00. The molecule has 4 N–H and O–H groups in total. The minimum absolute atomic E-state index is 0. The van der Waals surface area contributed by atoms with Crippen LogP contribution in [0.25, 0.3) is 63.6 Å². The van der Waals surface area contributed by atoms with Gasteiger partial charge in [0.2, 0.25) is 11.8 Å². The van der Waals surface area contributed by atoms with Gasteiger partial charge >= 0.3 is 12.2 Å². The Morgan fingerprint density at radius 3 is 1.30 bits per heavy atom. The number of fused-ring (bicyclic) bond motifs is 2. The molecule has 4 atom stereocenters. The summed E-state index contributed by atoms with van der Waals surface area (Å²) in [6, 6.07) is 15.2. The lowest BCUT2D eigenvalue weighted by molar-refractivity contribution is -0.136. The van der Waals surface area contributed by atoms with Gasteiger partial charge in [-0.05, 0) is 91.6 Å². The predicted octanol–water partition coefficient (Wildman–Crippen LogP) is 14.3. The zero-order valence-electron chi connectivity index (χ0n) is 40.4. The van der Waals surface area contributed by atoms with E-state index in [1.54, 1.807) is 45.3 Å². The van der Waals surface area contributed by atoms with Crippen molar-refractivity contribution < 1.29 is 28.7 Å². The third kappa shape index (κ3) is 11.3. The quantitative estimate of drug-likeness (QED) is 0.0935. The maximum Gasteiger partial charge on any atom is 0.407 e. The molecule has 0 radical (unpaired) electrons. The minimum Gasteiger partial charge on any atom is -0.453 e. The van der Waals surface area contributed by atoms with Crippen LogP contribution in [0.3, 0.4) is 0 Å². The monoisotopic (exact) mass is 1190 g/mol. The highest BCUT2D eigenvalue weighted by molar-refractivity contribution is 9.11. The number of nitrogens with one attached hydrogen (secondary N) is 4. The van der Waals surface area contributed by atoms with E-state index in [1.165, 1.54) is 53.1 Å². The molecule has 10 rings (SSSR count). The number of H-pyrrole nitrogens is 2. The summed E-state index contributed by atoms with van der Waals surface area (Å²) >= 11 is 14.0. The van der Waals surface area contributed by atoms with Crippen LogP contribution in [0.15, 0.2) is 91.4 Å². The minimum atomic E-state index is -0.685. The Kier molecular flexibility index (Phi) is 17.3. The summed E-state index contributed by atoms with van der Waals surface area (Å²) in [4.78, 5) is 71.2. The lowest BCUT2D eigenvalue weighted by atomic mass is 10.0. The van der Waals surface area contributed by atoms with Crippen LogP contribution in [0.4, 0.5) is 9.59 Å². The van der Waals surface area contributed by atoms with Crippen LogP contribution in [0.1, 0.15) is 84.5 Å². The van der Waals surface area contributed by atoms with Gasteiger partial charge in [0.15, 0.2) is 0 Å². The molecular weight excluding hydrogens is 1130 g/mol. The molecule has 20 heteroatoms. The fourth-order valence-electron chi connectivity index (χ4n) is 9.33. The summed E-state index contributed by atoms with van der Waals surface area (Å²) in [6.45, 7) is 8.83. The average Bonchev–Trinajstić information content (AvgIpc) is 4.23. The molecule has 8 heterocycles. The Labute approximate surface area is 457 Å². The third-order valence-electron chi connectivity index (χ3n) is 13.2. The molecule has 0 saturated carbocycles. The molecule has 0 bridgehead atoms. The first-order valence-corrected chi connectivity index (χ1v) is 28.7. The zero-order valence-corrected chi connectivity index (χ0v) is 46.9. The normalized spacial score (nSPS) is 16.4. The van der Waals surface area contributed by atoms with E-state index in [4.69, 9.17) is 19.4 Å². The number of benzene rings is 2. The molecule has 4 amide bonds. The van der Waals surface area contributed by atoms with Gasteiger partial charge in [0.1, 0.15) is 23.7 Å². The molecule has 73 heavy (non-hydrogen) atoms. The first-order chi connectivity index (χ1) is 34.7. The number of aromatic nitrogens is 4. The third-order valence-corrected chi connectivity index (χ3v) is 19.9. The lowest BCUT2D eigenvalue weighted by Gasteiger charge is -2.30. The number of hydrogen-bond acceptors (Lipinski definition) is 12. The SMILES string of the molecule is Brc1csc2c(Br)csc12.C.COC(=O)N[C@H](C(=O)N1CCC[C@H]1c1ncc(-c2ccc(-c3csc4c(-c5ccc(-c6cnc([C@@H]7CCCN7C(=O)[C@@H](NC(=O)OC)C(C)C)[nH]6)cc5)csc34)cc2)[nH]1)C(C)C. The van der Waals surface area contributed by atoms with Gasteiger partial charge < -0.3 is 39.9 Å². The molecule has 6 aromatic heterocycles.